The summed E-state index contributed by atoms with van der Waals surface area (Å²) < 4.78 is 6.53. The molecule has 0 atom stereocenters. The van der Waals surface area contributed by atoms with Gasteiger partial charge in [-0.15, -0.1) is 0 Å². The first-order chi connectivity index (χ1) is 7.55. The fourth-order valence-corrected chi connectivity index (χ4v) is 1.78. The van der Waals surface area contributed by atoms with Crippen molar-refractivity contribution in [3.05, 3.63) is 34.3 Å². The topological polar surface area (TPSA) is 21.3 Å². The molecule has 0 spiro atoms. The minimum atomic E-state index is -0.0408. The van der Waals surface area contributed by atoms with Gasteiger partial charge in [-0.1, -0.05) is 34.1 Å². The zero-order valence-electron chi connectivity index (χ0n) is 10.2. The van der Waals surface area contributed by atoms with Crippen molar-refractivity contribution in [2.45, 2.75) is 32.4 Å². The molecule has 0 saturated carbocycles. The molecule has 1 N–H and O–H groups in total. The first-order valence-electron chi connectivity index (χ1n) is 5.54. The summed E-state index contributed by atoms with van der Waals surface area (Å²) in [5.74, 6) is 0. The van der Waals surface area contributed by atoms with Crippen molar-refractivity contribution < 1.29 is 4.74 Å². The second kappa shape index (κ2) is 6.38. The molecule has 0 amide bonds. The fourth-order valence-electron chi connectivity index (χ4n) is 1.36. The van der Waals surface area contributed by atoms with E-state index in [1.54, 1.807) is 7.11 Å². The Morgan fingerprint density at radius 1 is 1.31 bits per heavy atom. The minimum absolute atomic E-state index is 0.0408. The number of halogens is 1. The normalized spacial score (nSPS) is 11.8. The highest BCUT2D eigenvalue weighted by Gasteiger charge is 2.14. The van der Waals surface area contributed by atoms with Gasteiger partial charge in [0, 0.05) is 18.1 Å². The van der Waals surface area contributed by atoms with Crippen molar-refractivity contribution in [1.82, 2.24) is 5.32 Å². The van der Waals surface area contributed by atoms with Crippen LogP contribution >= 0.6 is 15.9 Å². The van der Waals surface area contributed by atoms with Crippen LogP contribution in [-0.4, -0.2) is 19.3 Å². The van der Waals surface area contributed by atoms with E-state index in [9.17, 15) is 0 Å². The second-order valence-electron chi connectivity index (χ2n) is 4.48. The molecule has 1 aromatic carbocycles. The van der Waals surface area contributed by atoms with Crippen molar-refractivity contribution in [3.8, 4) is 0 Å². The molecule has 2 nitrogen and oxygen atoms in total. The van der Waals surface area contributed by atoms with Crippen molar-refractivity contribution in [3.63, 3.8) is 0 Å². The van der Waals surface area contributed by atoms with Crippen molar-refractivity contribution in [2.75, 3.05) is 13.7 Å². The molecule has 16 heavy (non-hydrogen) atoms. The van der Waals surface area contributed by atoms with Gasteiger partial charge in [-0.25, -0.2) is 0 Å². The molecule has 0 aliphatic rings. The Bertz CT molecular complexity index is 325. The lowest BCUT2D eigenvalue weighted by atomic mass is 10.1. The van der Waals surface area contributed by atoms with E-state index in [4.69, 9.17) is 4.74 Å². The van der Waals surface area contributed by atoms with Gasteiger partial charge in [-0.2, -0.15) is 0 Å². The molecule has 0 radical (unpaired) electrons. The van der Waals surface area contributed by atoms with Gasteiger partial charge in [0.15, 0.2) is 0 Å². The van der Waals surface area contributed by atoms with Crippen LogP contribution in [0.15, 0.2) is 28.7 Å². The number of methoxy groups -OCH3 is 1. The fraction of sp³-hybridized carbons (Fsp3) is 0.538. The van der Waals surface area contributed by atoms with E-state index in [1.165, 1.54) is 5.56 Å². The van der Waals surface area contributed by atoms with Gasteiger partial charge in [-0.3, -0.25) is 0 Å². The minimum Gasteiger partial charge on any atom is -0.379 e. The summed E-state index contributed by atoms with van der Waals surface area (Å²) in [6.45, 7) is 6.06. The third-order valence-corrected chi connectivity index (χ3v) is 3.50. The van der Waals surface area contributed by atoms with E-state index in [0.29, 0.717) is 0 Å². The van der Waals surface area contributed by atoms with Crippen LogP contribution in [0.2, 0.25) is 0 Å². The van der Waals surface area contributed by atoms with Gasteiger partial charge in [0.05, 0.1) is 5.60 Å². The SMILES string of the molecule is COC(C)(C)CCNCc1ccccc1Br. The van der Waals surface area contributed by atoms with Crippen LogP contribution < -0.4 is 5.32 Å². The number of rotatable bonds is 6. The number of nitrogens with one attached hydrogen (secondary N) is 1. The van der Waals surface area contributed by atoms with Gasteiger partial charge in [-0.05, 0) is 38.4 Å². The van der Waals surface area contributed by atoms with Crippen LogP contribution in [-0.2, 0) is 11.3 Å². The molecule has 1 aromatic rings. The Balaban J connectivity index is 2.29. The van der Waals surface area contributed by atoms with Crippen LogP contribution in [0.25, 0.3) is 0 Å². The quantitative estimate of drug-likeness (QED) is 0.810. The third-order valence-electron chi connectivity index (χ3n) is 2.73. The maximum atomic E-state index is 5.36. The van der Waals surface area contributed by atoms with Gasteiger partial charge in [0.25, 0.3) is 0 Å². The molecule has 0 aliphatic carbocycles. The van der Waals surface area contributed by atoms with E-state index in [-0.39, 0.29) is 5.60 Å². The smallest absolute Gasteiger partial charge is 0.0634 e. The molecule has 3 heteroatoms. The van der Waals surface area contributed by atoms with Crippen LogP contribution in [0.1, 0.15) is 25.8 Å². The van der Waals surface area contributed by atoms with Gasteiger partial charge in [0.1, 0.15) is 0 Å². The highest BCUT2D eigenvalue weighted by molar-refractivity contribution is 9.10. The van der Waals surface area contributed by atoms with Crippen molar-refractivity contribution in [1.29, 1.82) is 0 Å². The molecule has 0 aliphatic heterocycles. The number of ether oxygens (including phenoxy) is 1. The predicted molar refractivity (Wildman–Crippen MR) is 71.6 cm³/mol. The zero-order valence-corrected chi connectivity index (χ0v) is 11.8. The molecular formula is C13H20BrNO. The van der Waals surface area contributed by atoms with E-state index < -0.39 is 0 Å². The largest absolute Gasteiger partial charge is 0.379 e. The van der Waals surface area contributed by atoms with E-state index >= 15 is 0 Å². The molecule has 0 heterocycles. The lowest BCUT2D eigenvalue weighted by Gasteiger charge is -2.22. The Morgan fingerprint density at radius 3 is 2.62 bits per heavy atom. The summed E-state index contributed by atoms with van der Waals surface area (Å²) >= 11 is 3.54. The molecule has 0 fully saturated rings. The van der Waals surface area contributed by atoms with Crippen LogP contribution in [0, 0.1) is 0 Å². The summed E-state index contributed by atoms with van der Waals surface area (Å²) in [5, 5.41) is 3.42. The monoisotopic (exact) mass is 285 g/mol. The second-order valence-corrected chi connectivity index (χ2v) is 5.34. The molecule has 1 rings (SSSR count). The van der Waals surface area contributed by atoms with Crippen LogP contribution in [0.5, 0.6) is 0 Å². The first kappa shape index (κ1) is 13.7. The van der Waals surface area contributed by atoms with Gasteiger partial charge < -0.3 is 10.1 Å². The number of hydrogen-bond donors (Lipinski definition) is 1. The highest BCUT2D eigenvalue weighted by Crippen LogP contribution is 2.16. The van der Waals surface area contributed by atoms with Crippen molar-refractivity contribution in [2.24, 2.45) is 0 Å². The summed E-state index contributed by atoms with van der Waals surface area (Å²) in [6.07, 6.45) is 1.01. The first-order valence-corrected chi connectivity index (χ1v) is 6.34. The summed E-state index contributed by atoms with van der Waals surface area (Å²) in [6, 6.07) is 8.27. The van der Waals surface area contributed by atoms with Crippen molar-refractivity contribution >= 4 is 15.9 Å². The summed E-state index contributed by atoms with van der Waals surface area (Å²) in [4.78, 5) is 0. The van der Waals surface area contributed by atoms with E-state index in [1.807, 2.05) is 6.07 Å². The lowest BCUT2D eigenvalue weighted by molar-refractivity contribution is 0.0158. The molecular weight excluding hydrogens is 266 g/mol. The summed E-state index contributed by atoms with van der Waals surface area (Å²) in [7, 11) is 1.76. The molecule has 0 aromatic heterocycles. The summed E-state index contributed by atoms with van der Waals surface area (Å²) in [5.41, 5.74) is 1.25. The lowest BCUT2D eigenvalue weighted by Crippen LogP contribution is -2.28. The maximum absolute atomic E-state index is 5.36. The van der Waals surface area contributed by atoms with E-state index in [2.05, 4.69) is 53.3 Å². The Morgan fingerprint density at radius 2 is 2.00 bits per heavy atom. The average molecular weight is 286 g/mol. The predicted octanol–water partition coefficient (Wildman–Crippen LogP) is 3.35. The van der Waals surface area contributed by atoms with Crippen LogP contribution in [0.3, 0.4) is 0 Å². The third kappa shape index (κ3) is 4.64. The van der Waals surface area contributed by atoms with Gasteiger partial charge >= 0.3 is 0 Å². The number of hydrogen-bond acceptors (Lipinski definition) is 2. The zero-order chi connectivity index (χ0) is 12.0. The Kier molecular flexibility index (Phi) is 5.46. The average Bonchev–Trinajstić information content (AvgIpc) is 2.27. The molecule has 90 valence electrons. The van der Waals surface area contributed by atoms with Crippen LogP contribution in [0.4, 0.5) is 0 Å². The standard InChI is InChI=1S/C13H20BrNO/c1-13(2,16-3)8-9-15-10-11-6-4-5-7-12(11)14/h4-7,15H,8-10H2,1-3H3. The maximum Gasteiger partial charge on any atom is 0.0634 e. The highest BCUT2D eigenvalue weighted by atomic mass is 79.9. The van der Waals surface area contributed by atoms with Gasteiger partial charge in [0.2, 0.25) is 0 Å². The Hall–Kier alpha value is -0.380. The number of benzene rings is 1. The molecule has 0 saturated heterocycles. The molecule has 0 bridgehead atoms. The molecule has 0 unspecified atom stereocenters. The van der Waals surface area contributed by atoms with E-state index in [0.717, 1.165) is 24.0 Å². The Labute approximate surface area is 107 Å².